The summed E-state index contributed by atoms with van der Waals surface area (Å²) in [6.07, 6.45) is 88.8. The largest absolute Gasteiger partial charge is 0.462 e. The normalized spacial score (nSPS) is 13.5. The lowest BCUT2D eigenvalue weighted by Crippen LogP contribution is -2.30. The van der Waals surface area contributed by atoms with Crippen molar-refractivity contribution < 1.29 is 28.6 Å². The summed E-state index contributed by atoms with van der Waals surface area (Å²) in [5.74, 6) is -1.07. The molecule has 0 amide bonds. The highest BCUT2D eigenvalue weighted by molar-refractivity contribution is 5.71. The number of esters is 3. The Morgan fingerprint density at radius 1 is 0.274 bits per heavy atom. The number of hydrogen-bond donors (Lipinski definition) is 0. The minimum atomic E-state index is -0.844. The molecule has 73 heavy (non-hydrogen) atoms. The summed E-state index contributed by atoms with van der Waals surface area (Å²) in [5, 5.41) is 0. The van der Waals surface area contributed by atoms with Gasteiger partial charge < -0.3 is 14.2 Å². The molecule has 0 saturated heterocycles. The third kappa shape index (κ3) is 57.3. The van der Waals surface area contributed by atoms with E-state index < -0.39 is 6.10 Å². The fourth-order valence-electron chi connectivity index (χ4n) is 6.76. The Kier molecular flexibility index (Phi) is 54.6. The molecule has 0 aliphatic rings. The SMILES string of the molecule is CC/C=C\C/C=C\C/C=C\C/C=C\C/C=C\CCCCCC(=O)OCC(COC(=O)CCC/C=C\C/C=C\C/C=C\C/C=C\C/C=C\CC)OC(=O)CCCCC/C=C\C/C=C\C/C=C\C/C=C\C/C=C\CC. The van der Waals surface area contributed by atoms with Crippen LogP contribution >= 0.6 is 0 Å². The predicted octanol–water partition coefficient (Wildman–Crippen LogP) is 19.3. The van der Waals surface area contributed by atoms with Crippen LogP contribution in [0.1, 0.15) is 201 Å². The van der Waals surface area contributed by atoms with E-state index >= 15 is 0 Å². The van der Waals surface area contributed by atoms with Gasteiger partial charge in [-0.1, -0.05) is 216 Å². The van der Waals surface area contributed by atoms with E-state index in [0.29, 0.717) is 19.3 Å². The second-order valence-corrected chi connectivity index (χ2v) is 17.7. The van der Waals surface area contributed by atoms with E-state index in [-0.39, 0.29) is 44.0 Å². The Labute approximate surface area is 446 Å². The van der Waals surface area contributed by atoms with Crippen LogP contribution in [0.4, 0.5) is 0 Å². The van der Waals surface area contributed by atoms with Crippen molar-refractivity contribution in [3.63, 3.8) is 0 Å². The highest BCUT2D eigenvalue weighted by atomic mass is 16.6. The van der Waals surface area contributed by atoms with E-state index in [1.165, 1.54) is 0 Å². The highest BCUT2D eigenvalue weighted by Gasteiger charge is 2.19. The molecule has 0 rings (SSSR count). The third-order valence-electron chi connectivity index (χ3n) is 10.9. The average molecular weight is 1000 g/mol. The molecule has 0 aliphatic heterocycles. The summed E-state index contributed by atoms with van der Waals surface area (Å²) in [6.45, 7) is 6.16. The maximum absolute atomic E-state index is 12.9. The maximum Gasteiger partial charge on any atom is 0.306 e. The first-order valence-corrected chi connectivity index (χ1v) is 28.3. The Morgan fingerprint density at radius 2 is 0.507 bits per heavy atom. The predicted molar refractivity (Wildman–Crippen MR) is 315 cm³/mol. The first-order chi connectivity index (χ1) is 36.0. The van der Waals surface area contributed by atoms with Crippen LogP contribution in [0.25, 0.3) is 0 Å². The summed E-state index contributed by atoms with van der Waals surface area (Å²) in [5.41, 5.74) is 0. The van der Waals surface area contributed by atoms with Crippen LogP contribution in [-0.2, 0) is 28.6 Å². The molecule has 0 spiro atoms. The van der Waals surface area contributed by atoms with Gasteiger partial charge in [-0.2, -0.15) is 0 Å². The molecule has 6 nitrogen and oxygen atoms in total. The molecule has 0 aromatic carbocycles. The van der Waals surface area contributed by atoms with Crippen molar-refractivity contribution in [3.05, 3.63) is 182 Å². The zero-order valence-corrected chi connectivity index (χ0v) is 46.1. The van der Waals surface area contributed by atoms with E-state index in [0.717, 1.165) is 148 Å². The lowest BCUT2D eigenvalue weighted by molar-refractivity contribution is -0.167. The van der Waals surface area contributed by atoms with E-state index in [2.05, 4.69) is 203 Å². The van der Waals surface area contributed by atoms with Gasteiger partial charge in [0.2, 0.25) is 0 Å². The molecule has 0 bridgehead atoms. The van der Waals surface area contributed by atoms with Crippen molar-refractivity contribution in [1.82, 2.24) is 0 Å². The van der Waals surface area contributed by atoms with Crippen molar-refractivity contribution in [3.8, 4) is 0 Å². The van der Waals surface area contributed by atoms with Gasteiger partial charge in [-0.05, 0) is 148 Å². The van der Waals surface area contributed by atoms with Crippen LogP contribution in [0.2, 0.25) is 0 Å². The van der Waals surface area contributed by atoms with Gasteiger partial charge in [0.25, 0.3) is 0 Å². The number of carbonyl (C=O) groups excluding carboxylic acids is 3. The Bertz CT molecular complexity index is 1770. The monoisotopic (exact) mass is 1000 g/mol. The number of carbonyl (C=O) groups is 3. The maximum atomic E-state index is 12.9. The lowest BCUT2D eigenvalue weighted by Gasteiger charge is -2.18. The van der Waals surface area contributed by atoms with E-state index in [4.69, 9.17) is 14.2 Å². The fraction of sp³-hybridized carbons (Fsp3) is 0.507. The van der Waals surface area contributed by atoms with Gasteiger partial charge in [-0.15, -0.1) is 0 Å². The first-order valence-electron chi connectivity index (χ1n) is 28.3. The third-order valence-corrected chi connectivity index (χ3v) is 10.9. The lowest BCUT2D eigenvalue weighted by atomic mass is 10.1. The Hall–Kier alpha value is -5.49. The van der Waals surface area contributed by atoms with Crippen molar-refractivity contribution >= 4 is 17.9 Å². The zero-order valence-electron chi connectivity index (χ0n) is 46.1. The van der Waals surface area contributed by atoms with Crippen LogP contribution in [0.5, 0.6) is 0 Å². The standard InChI is InChI=1S/C67H100O6/c1-4-7-10-13-16-19-22-25-28-31-33-36-39-42-45-48-51-54-57-60-66(69)72-63-64(62-71-65(68)59-56-53-50-47-44-41-38-35-30-27-24-21-18-15-12-9-6-3)73-67(70)61-58-55-52-49-46-43-40-37-34-32-29-26-23-20-17-14-11-8-5-2/h7-12,16-21,25-30,33-34,36-38,41-43,45-47,50,64H,4-6,13-15,22-24,31-32,35,39-40,44,48-49,51-63H2,1-3H3/b10-7-,11-8-,12-9-,19-16-,20-17-,21-18-,28-25-,29-26-,30-27-,36-33-,37-34-,41-38-,45-42-,46-43-,50-47-. The smallest absolute Gasteiger partial charge is 0.306 e. The molecule has 0 saturated carbocycles. The van der Waals surface area contributed by atoms with Crippen LogP contribution in [0.3, 0.4) is 0 Å². The second kappa shape index (κ2) is 59.1. The van der Waals surface area contributed by atoms with Crippen LogP contribution in [-0.4, -0.2) is 37.2 Å². The quantitative estimate of drug-likeness (QED) is 0.0262. The summed E-state index contributed by atoms with van der Waals surface area (Å²) in [4.78, 5) is 38.2. The molecular formula is C67H100O6. The van der Waals surface area contributed by atoms with Gasteiger partial charge in [-0.3, -0.25) is 14.4 Å². The van der Waals surface area contributed by atoms with Crippen molar-refractivity contribution in [2.45, 2.75) is 207 Å². The number of unbranched alkanes of at least 4 members (excludes halogenated alkanes) is 7. The molecule has 0 aliphatic carbocycles. The molecule has 0 radical (unpaired) electrons. The number of hydrogen-bond acceptors (Lipinski definition) is 6. The van der Waals surface area contributed by atoms with Crippen LogP contribution in [0.15, 0.2) is 182 Å². The number of allylic oxidation sites excluding steroid dienone is 30. The summed E-state index contributed by atoms with van der Waals surface area (Å²) >= 11 is 0. The van der Waals surface area contributed by atoms with Crippen LogP contribution in [0, 0.1) is 0 Å². The van der Waals surface area contributed by atoms with Crippen molar-refractivity contribution in [1.29, 1.82) is 0 Å². The Morgan fingerprint density at radius 3 is 0.795 bits per heavy atom. The minimum Gasteiger partial charge on any atom is -0.462 e. The molecular weight excluding hydrogens is 901 g/mol. The zero-order chi connectivity index (χ0) is 52.9. The molecule has 0 heterocycles. The molecule has 404 valence electrons. The number of rotatable bonds is 48. The molecule has 1 atom stereocenters. The molecule has 0 aromatic heterocycles. The van der Waals surface area contributed by atoms with Crippen molar-refractivity contribution in [2.24, 2.45) is 0 Å². The van der Waals surface area contributed by atoms with Gasteiger partial charge in [0.15, 0.2) is 6.10 Å². The van der Waals surface area contributed by atoms with E-state index in [1.54, 1.807) is 0 Å². The summed E-state index contributed by atoms with van der Waals surface area (Å²) in [7, 11) is 0. The van der Waals surface area contributed by atoms with E-state index in [1.807, 2.05) is 0 Å². The molecule has 0 aromatic rings. The van der Waals surface area contributed by atoms with Crippen molar-refractivity contribution in [2.75, 3.05) is 13.2 Å². The average Bonchev–Trinajstić information content (AvgIpc) is 3.39. The first kappa shape index (κ1) is 67.5. The van der Waals surface area contributed by atoms with E-state index in [9.17, 15) is 14.4 Å². The topological polar surface area (TPSA) is 78.9 Å². The highest BCUT2D eigenvalue weighted by Crippen LogP contribution is 2.11. The van der Waals surface area contributed by atoms with Crippen LogP contribution < -0.4 is 0 Å². The second-order valence-electron chi connectivity index (χ2n) is 17.7. The molecule has 0 N–H and O–H groups in total. The Balaban J connectivity index is 4.65. The molecule has 6 heteroatoms. The van der Waals surface area contributed by atoms with Gasteiger partial charge >= 0.3 is 17.9 Å². The van der Waals surface area contributed by atoms with Gasteiger partial charge in [0, 0.05) is 19.3 Å². The minimum absolute atomic E-state index is 0.137. The molecule has 1 unspecified atom stereocenters. The number of ether oxygens (including phenoxy) is 3. The summed E-state index contributed by atoms with van der Waals surface area (Å²) in [6, 6.07) is 0. The summed E-state index contributed by atoms with van der Waals surface area (Å²) < 4.78 is 16.8. The van der Waals surface area contributed by atoms with Gasteiger partial charge in [-0.25, -0.2) is 0 Å². The fourth-order valence-corrected chi connectivity index (χ4v) is 6.76. The van der Waals surface area contributed by atoms with Gasteiger partial charge in [0.1, 0.15) is 13.2 Å². The molecule has 0 fully saturated rings. The van der Waals surface area contributed by atoms with Gasteiger partial charge in [0.05, 0.1) is 0 Å².